The molecule has 0 atom stereocenters. The summed E-state index contributed by atoms with van der Waals surface area (Å²) in [5, 5.41) is 3.62. The van der Waals surface area contributed by atoms with Crippen LogP contribution in [0.1, 0.15) is 6.92 Å². The van der Waals surface area contributed by atoms with Gasteiger partial charge in [-0.1, -0.05) is 18.2 Å². The Bertz CT molecular complexity index is 416. The summed E-state index contributed by atoms with van der Waals surface area (Å²) in [7, 11) is 3.67. The van der Waals surface area contributed by atoms with Crippen molar-refractivity contribution < 1.29 is 9.59 Å². The maximum absolute atomic E-state index is 10.7. The van der Waals surface area contributed by atoms with Crippen molar-refractivity contribution in [3.63, 3.8) is 0 Å². The SMILES string of the molecule is CC(=C(C=O)C=O)N(C)N(C)c1ccccc1. The van der Waals surface area contributed by atoms with Gasteiger partial charge in [-0.2, -0.15) is 0 Å². The van der Waals surface area contributed by atoms with E-state index in [0.717, 1.165) is 5.69 Å². The average molecular weight is 232 g/mol. The monoisotopic (exact) mass is 232 g/mol. The van der Waals surface area contributed by atoms with E-state index in [2.05, 4.69) is 0 Å². The van der Waals surface area contributed by atoms with Crippen molar-refractivity contribution in [3.8, 4) is 0 Å². The van der Waals surface area contributed by atoms with E-state index in [0.29, 0.717) is 18.3 Å². The number of rotatable bonds is 5. The molecule has 4 nitrogen and oxygen atoms in total. The largest absolute Gasteiger partial charge is 0.298 e. The lowest BCUT2D eigenvalue weighted by molar-refractivity contribution is -0.109. The number of carbonyl (C=O) groups is 2. The normalized spacial score (nSPS) is 9.35. The first kappa shape index (κ1) is 13.0. The highest BCUT2D eigenvalue weighted by Crippen LogP contribution is 2.16. The zero-order valence-corrected chi connectivity index (χ0v) is 10.3. The van der Waals surface area contributed by atoms with E-state index in [1.54, 1.807) is 19.0 Å². The molecule has 1 aromatic rings. The molecule has 4 heteroatoms. The second kappa shape index (κ2) is 5.84. The smallest absolute Gasteiger partial charge is 0.155 e. The summed E-state index contributed by atoms with van der Waals surface area (Å²) in [6.07, 6.45) is 1.13. The number of allylic oxidation sites excluding steroid dienone is 2. The van der Waals surface area contributed by atoms with Crippen molar-refractivity contribution in [2.24, 2.45) is 0 Å². The second-order valence-corrected chi connectivity index (χ2v) is 3.66. The van der Waals surface area contributed by atoms with E-state index in [1.165, 1.54) is 0 Å². The summed E-state index contributed by atoms with van der Waals surface area (Å²) in [5.74, 6) is 0. The number of hydrogen-bond donors (Lipinski definition) is 0. The molecular formula is C13H16N2O2. The molecule has 0 aromatic heterocycles. The third-order valence-electron chi connectivity index (χ3n) is 2.74. The fourth-order valence-electron chi connectivity index (χ4n) is 1.43. The van der Waals surface area contributed by atoms with Gasteiger partial charge in [0.25, 0.3) is 0 Å². The summed E-state index contributed by atoms with van der Waals surface area (Å²) < 4.78 is 0. The highest BCUT2D eigenvalue weighted by atomic mass is 16.1. The van der Waals surface area contributed by atoms with Gasteiger partial charge in [0.2, 0.25) is 0 Å². The molecule has 0 fully saturated rings. The molecule has 0 aliphatic rings. The van der Waals surface area contributed by atoms with Gasteiger partial charge < -0.3 is 0 Å². The third-order valence-corrected chi connectivity index (χ3v) is 2.74. The highest BCUT2D eigenvalue weighted by molar-refractivity contribution is 6.00. The van der Waals surface area contributed by atoms with E-state index in [-0.39, 0.29) is 5.57 Å². The molecule has 0 heterocycles. The Kier molecular flexibility index (Phi) is 4.46. The first-order valence-electron chi connectivity index (χ1n) is 5.25. The van der Waals surface area contributed by atoms with Gasteiger partial charge in [-0.25, -0.2) is 0 Å². The predicted molar refractivity (Wildman–Crippen MR) is 67.4 cm³/mol. The Hall–Kier alpha value is -2.10. The Labute approximate surface area is 101 Å². The van der Waals surface area contributed by atoms with E-state index >= 15 is 0 Å². The standard InChI is InChI=1S/C13H16N2O2/c1-11(12(9-16)10-17)14(2)15(3)13-7-5-4-6-8-13/h4-10H,1-3H3. The third kappa shape index (κ3) is 2.93. The number of benzene rings is 1. The van der Waals surface area contributed by atoms with Crippen LogP contribution in [0.15, 0.2) is 41.6 Å². The fraction of sp³-hybridized carbons (Fsp3) is 0.231. The van der Waals surface area contributed by atoms with Crippen LogP contribution in [-0.2, 0) is 9.59 Å². The van der Waals surface area contributed by atoms with Gasteiger partial charge in [0, 0.05) is 19.8 Å². The minimum absolute atomic E-state index is 0.148. The molecule has 0 N–H and O–H groups in total. The van der Waals surface area contributed by atoms with Crippen molar-refractivity contribution in [2.75, 3.05) is 19.1 Å². The number of hydrogen-bond acceptors (Lipinski definition) is 4. The van der Waals surface area contributed by atoms with Crippen molar-refractivity contribution in [1.82, 2.24) is 5.01 Å². The minimum atomic E-state index is 0.148. The van der Waals surface area contributed by atoms with Crippen molar-refractivity contribution in [1.29, 1.82) is 0 Å². The number of para-hydroxylation sites is 1. The molecule has 0 aliphatic carbocycles. The van der Waals surface area contributed by atoms with Gasteiger partial charge in [0.15, 0.2) is 12.6 Å². The van der Waals surface area contributed by atoms with Crippen LogP contribution in [0.5, 0.6) is 0 Å². The van der Waals surface area contributed by atoms with Gasteiger partial charge >= 0.3 is 0 Å². The fourth-order valence-corrected chi connectivity index (χ4v) is 1.43. The highest BCUT2D eigenvalue weighted by Gasteiger charge is 2.11. The number of carbonyl (C=O) groups excluding carboxylic acids is 2. The quantitative estimate of drug-likeness (QED) is 0.254. The summed E-state index contributed by atoms with van der Waals surface area (Å²) in [4.78, 5) is 21.4. The molecule has 0 amide bonds. The van der Waals surface area contributed by atoms with E-state index in [9.17, 15) is 9.59 Å². The van der Waals surface area contributed by atoms with Gasteiger partial charge in [0.1, 0.15) is 0 Å². The Morgan fingerprint density at radius 3 is 2.06 bits per heavy atom. The maximum atomic E-state index is 10.7. The molecule has 17 heavy (non-hydrogen) atoms. The van der Waals surface area contributed by atoms with Crippen LogP contribution in [0.4, 0.5) is 5.69 Å². The molecule has 0 bridgehead atoms. The number of aldehydes is 2. The number of hydrazine groups is 1. The van der Waals surface area contributed by atoms with Gasteiger partial charge in [0.05, 0.1) is 11.3 Å². The van der Waals surface area contributed by atoms with Crippen LogP contribution in [0.3, 0.4) is 0 Å². The number of nitrogens with zero attached hydrogens (tertiary/aromatic N) is 2. The molecular weight excluding hydrogens is 216 g/mol. The van der Waals surface area contributed by atoms with Crippen LogP contribution in [0, 0.1) is 0 Å². The predicted octanol–water partition coefficient (Wildman–Crippen LogP) is 1.64. The van der Waals surface area contributed by atoms with E-state index < -0.39 is 0 Å². The molecule has 0 saturated carbocycles. The average Bonchev–Trinajstić information content (AvgIpc) is 2.39. The van der Waals surface area contributed by atoms with Crippen molar-refractivity contribution in [2.45, 2.75) is 6.92 Å². The molecule has 0 saturated heterocycles. The van der Waals surface area contributed by atoms with Gasteiger partial charge in [-0.05, 0) is 19.1 Å². The van der Waals surface area contributed by atoms with Crippen LogP contribution < -0.4 is 5.01 Å². The zero-order chi connectivity index (χ0) is 12.8. The van der Waals surface area contributed by atoms with Gasteiger partial charge in [-0.3, -0.25) is 19.6 Å². The topological polar surface area (TPSA) is 40.6 Å². The molecule has 0 spiro atoms. The molecule has 1 aromatic carbocycles. The maximum Gasteiger partial charge on any atom is 0.155 e. The van der Waals surface area contributed by atoms with Crippen LogP contribution >= 0.6 is 0 Å². The van der Waals surface area contributed by atoms with Crippen LogP contribution in [0.2, 0.25) is 0 Å². The first-order chi connectivity index (χ1) is 8.11. The van der Waals surface area contributed by atoms with Crippen molar-refractivity contribution >= 4 is 18.3 Å². The summed E-state index contributed by atoms with van der Waals surface area (Å²) in [6, 6.07) is 9.69. The molecule has 0 aliphatic heterocycles. The summed E-state index contributed by atoms with van der Waals surface area (Å²) in [6.45, 7) is 1.73. The Balaban J connectivity index is 2.98. The lowest BCUT2D eigenvalue weighted by Crippen LogP contribution is -2.36. The van der Waals surface area contributed by atoms with Crippen molar-refractivity contribution in [3.05, 3.63) is 41.6 Å². The van der Waals surface area contributed by atoms with E-state index in [1.807, 2.05) is 42.4 Å². The Morgan fingerprint density at radius 1 is 1.06 bits per heavy atom. The lowest BCUT2D eigenvalue weighted by Gasteiger charge is -2.32. The van der Waals surface area contributed by atoms with Crippen LogP contribution in [0.25, 0.3) is 0 Å². The summed E-state index contributed by atoms with van der Waals surface area (Å²) in [5.41, 5.74) is 1.74. The molecule has 1 rings (SSSR count). The van der Waals surface area contributed by atoms with Gasteiger partial charge in [-0.15, -0.1) is 0 Å². The molecule has 0 radical (unpaired) electrons. The molecule has 90 valence electrons. The first-order valence-corrected chi connectivity index (χ1v) is 5.25. The van der Waals surface area contributed by atoms with E-state index in [4.69, 9.17) is 0 Å². The summed E-state index contributed by atoms with van der Waals surface area (Å²) >= 11 is 0. The van der Waals surface area contributed by atoms with Crippen LogP contribution in [-0.4, -0.2) is 31.7 Å². The Morgan fingerprint density at radius 2 is 1.59 bits per heavy atom. The zero-order valence-electron chi connectivity index (χ0n) is 10.3. The number of anilines is 1. The lowest BCUT2D eigenvalue weighted by atomic mass is 10.2. The molecule has 0 unspecified atom stereocenters. The second-order valence-electron chi connectivity index (χ2n) is 3.66. The minimum Gasteiger partial charge on any atom is -0.298 e.